The minimum absolute atomic E-state index is 0. The molecule has 8 heteroatoms. The number of nitrogens with two attached hydrogens (primary N) is 1. The first-order valence-electron chi connectivity index (χ1n) is 8.11. The average molecular weight is 396 g/mol. The van der Waals surface area contributed by atoms with E-state index in [1.807, 2.05) is 12.1 Å². The number of nitrogens with zero attached hydrogens (tertiary/aromatic N) is 1. The number of carbonyl (C=O) groups is 1. The zero-order valence-electron chi connectivity index (χ0n) is 15.2. The van der Waals surface area contributed by atoms with Gasteiger partial charge in [-0.05, 0) is 50.3 Å². The van der Waals surface area contributed by atoms with Gasteiger partial charge in [0.25, 0.3) is 5.91 Å². The van der Waals surface area contributed by atoms with Crippen LogP contribution in [-0.4, -0.2) is 50.7 Å². The maximum Gasteiger partial charge on any atom is 0.255 e. The highest BCUT2D eigenvalue weighted by Crippen LogP contribution is 2.27. The molecule has 0 saturated carbocycles. The van der Waals surface area contributed by atoms with E-state index in [0.717, 1.165) is 44.7 Å². The van der Waals surface area contributed by atoms with E-state index in [4.69, 9.17) is 15.2 Å². The average Bonchev–Trinajstić information content (AvgIpc) is 2.56. The van der Waals surface area contributed by atoms with Gasteiger partial charge in [-0.3, -0.25) is 4.79 Å². The second-order valence-corrected chi connectivity index (χ2v) is 5.30. The number of methoxy groups -OCH3 is 1. The van der Waals surface area contributed by atoms with Crippen molar-refractivity contribution < 1.29 is 14.3 Å². The maximum absolute atomic E-state index is 10.8. The lowest BCUT2D eigenvalue weighted by atomic mass is 10.2. The number of amides is 1. The van der Waals surface area contributed by atoms with Gasteiger partial charge in [-0.1, -0.05) is 19.9 Å². The van der Waals surface area contributed by atoms with Crippen LogP contribution in [0.3, 0.4) is 0 Å². The van der Waals surface area contributed by atoms with Crippen molar-refractivity contribution in [1.29, 1.82) is 0 Å². The van der Waals surface area contributed by atoms with Crippen LogP contribution in [-0.2, 0) is 11.3 Å². The Kier molecular flexibility index (Phi) is 15.7. The van der Waals surface area contributed by atoms with Crippen LogP contribution in [0.5, 0.6) is 11.5 Å². The monoisotopic (exact) mass is 395 g/mol. The van der Waals surface area contributed by atoms with Gasteiger partial charge in [0.05, 0.1) is 7.11 Å². The molecule has 1 aromatic carbocycles. The Labute approximate surface area is 163 Å². The van der Waals surface area contributed by atoms with Crippen molar-refractivity contribution in [3.05, 3.63) is 23.8 Å². The van der Waals surface area contributed by atoms with Crippen molar-refractivity contribution >= 4 is 30.7 Å². The molecular formula is C17H31Cl2N3O3. The number of hydrogen-bond donors (Lipinski definition) is 2. The maximum atomic E-state index is 10.8. The molecule has 3 N–H and O–H groups in total. The minimum Gasteiger partial charge on any atom is -0.493 e. The topological polar surface area (TPSA) is 76.8 Å². The third-order valence-electron chi connectivity index (χ3n) is 3.65. The number of rotatable bonds is 12. The summed E-state index contributed by atoms with van der Waals surface area (Å²) >= 11 is 0. The summed E-state index contributed by atoms with van der Waals surface area (Å²) in [5.74, 6) is 0.622. The van der Waals surface area contributed by atoms with Crippen LogP contribution < -0.4 is 20.5 Å². The van der Waals surface area contributed by atoms with Crippen LogP contribution >= 0.6 is 24.8 Å². The van der Waals surface area contributed by atoms with Gasteiger partial charge < -0.3 is 25.4 Å². The number of nitrogens with one attached hydrogen (secondary N) is 1. The molecule has 0 unspecified atom stereocenters. The van der Waals surface area contributed by atoms with Crippen LogP contribution in [0.2, 0.25) is 0 Å². The Bertz CT molecular complexity index is 486. The van der Waals surface area contributed by atoms with Gasteiger partial charge in [0.2, 0.25) is 0 Å². The quantitative estimate of drug-likeness (QED) is 0.530. The third kappa shape index (κ3) is 10.4. The van der Waals surface area contributed by atoms with Crippen molar-refractivity contribution in [2.45, 2.75) is 26.8 Å². The summed E-state index contributed by atoms with van der Waals surface area (Å²) < 4.78 is 10.6. The molecular weight excluding hydrogens is 365 g/mol. The van der Waals surface area contributed by atoms with E-state index in [2.05, 4.69) is 24.1 Å². The number of benzene rings is 1. The van der Waals surface area contributed by atoms with E-state index in [1.165, 1.54) is 0 Å². The molecule has 0 spiro atoms. The normalized spacial score (nSPS) is 9.92. The van der Waals surface area contributed by atoms with Crippen molar-refractivity contribution in [2.24, 2.45) is 5.73 Å². The van der Waals surface area contributed by atoms with Crippen LogP contribution in [0.1, 0.15) is 25.8 Å². The number of hydrogen-bond acceptors (Lipinski definition) is 5. The molecule has 0 atom stereocenters. The Balaban J connectivity index is 0. The van der Waals surface area contributed by atoms with Crippen LogP contribution in [0.15, 0.2) is 18.2 Å². The van der Waals surface area contributed by atoms with Crippen LogP contribution in [0.25, 0.3) is 0 Å². The van der Waals surface area contributed by atoms with Gasteiger partial charge in [0.15, 0.2) is 18.1 Å². The molecule has 0 aromatic heterocycles. The highest BCUT2D eigenvalue weighted by molar-refractivity contribution is 5.85. The molecule has 0 radical (unpaired) electrons. The largest absolute Gasteiger partial charge is 0.493 e. The summed E-state index contributed by atoms with van der Waals surface area (Å²) in [4.78, 5) is 13.2. The first-order valence-corrected chi connectivity index (χ1v) is 8.11. The van der Waals surface area contributed by atoms with E-state index < -0.39 is 5.91 Å². The fourth-order valence-electron chi connectivity index (χ4n) is 2.29. The van der Waals surface area contributed by atoms with Crippen LogP contribution in [0, 0.1) is 0 Å². The summed E-state index contributed by atoms with van der Waals surface area (Å²) in [5, 5.41) is 3.43. The van der Waals surface area contributed by atoms with Gasteiger partial charge in [0, 0.05) is 6.54 Å². The van der Waals surface area contributed by atoms with Crippen molar-refractivity contribution in [2.75, 3.05) is 39.9 Å². The van der Waals surface area contributed by atoms with Gasteiger partial charge in [-0.15, -0.1) is 24.8 Å². The molecule has 146 valence electrons. The zero-order chi connectivity index (χ0) is 17.1. The van der Waals surface area contributed by atoms with Gasteiger partial charge >= 0.3 is 0 Å². The van der Waals surface area contributed by atoms with E-state index in [-0.39, 0.29) is 31.4 Å². The highest BCUT2D eigenvalue weighted by atomic mass is 35.5. The lowest BCUT2D eigenvalue weighted by molar-refractivity contribution is -0.119. The molecule has 1 aromatic rings. The van der Waals surface area contributed by atoms with Crippen molar-refractivity contribution in [3.8, 4) is 11.5 Å². The van der Waals surface area contributed by atoms with E-state index >= 15 is 0 Å². The van der Waals surface area contributed by atoms with Gasteiger partial charge in [0.1, 0.15) is 0 Å². The molecule has 0 aliphatic rings. The molecule has 1 amide bonds. The molecule has 0 aliphatic carbocycles. The third-order valence-corrected chi connectivity index (χ3v) is 3.65. The summed E-state index contributed by atoms with van der Waals surface area (Å²) in [6.45, 7) is 9.27. The minimum atomic E-state index is -0.508. The van der Waals surface area contributed by atoms with Crippen molar-refractivity contribution in [1.82, 2.24) is 10.2 Å². The summed E-state index contributed by atoms with van der Waals surface area (Å²) in [6, 6.07) is 5.67. The number of carbonyl (C=O) groups excluding carboxylic acids is 1. The van der Waals surface area contributed by atoms with Gasteiger partial charge in [-0.2, -0.15) is 0 Å². The Morgan fingerprint density at radius 1 is 1.20 bits per heavy atom. The predicted molar refractivity (Wildman–Crippen MR) is 106 cm³/mol. The number of primary amides is 1. The smallest absolute Gasteiger partial charge is 0.255 e. The first kappa shape index (κ1) is 26.0. The molecule has 0 aliphatic heterocycles. The Morgan fingerprint density at radius 2 is 1.88 bits per heavy atom. The zero-order valence-corrected chi connectivity index (χ0v) is 16.9. The van der Waals surface area contributed by atoms with Crippen LogP contribution in [0.4, 0.5) is 0 Å². The predicted octanol–water partition coefficient (Wildman–Crippen LogP) is 2.22. The molecule has 0 saturated heterocycles. The summed E-state index contributed by atoms with van der Waals surface area (Å²) in [7, 11) is 1.58. The fraction of sp³-hybridized carbons (Fsp3) is 0.588. The van der Waals surface area contributed by atoms with Gasteiger partial charge in [-0.25, -0.2) is 0 Å². The van der Waals surface area contributed by atoms with E-state index in [0.29, 0.717) is 11.5 Å². The van der Waals surface area contributed by atoms with E-state index in [1.54, 1.807) is 13.2 Å². The Hall–Kier alpha value is -1.21. The first-order chi connectivity index (χ1) is 11.1. The highest BCUT2D eigenvalue weighted by Gasteiger charge is 2.07. The van der Waals surface area contributed by atoms with E-state index in [9.17, 15) is 4.79 Å². The fourth-order valence-corrected chi connectivity index (χ4v) is 2.29. The Morgan fingerprint density at radius 3 is 2.44 bits per heavy atom. The molecule has 1 rings (SSSR count). The molecule has 6 nitrogen and oxygen atoms in total. The summed E-state index contributed by atoms with van der Waals surface area (Å²) in [6.07, 6.45) is 1.12. The second-order valence-electron chi connectivity index (χ2n) is 5.30. The summed E-state index contributed by atoms with van der Waals surface area (Å²) in [5.41, 5.74) is 6.19. The second kappa shape index (κ2) is 15.1. The lowest BCUT2D eigenvalue weighted by Crippen LogP contribution is -2.27. The molecule has 0 heterocycles. The molecule has 25 heavy (non-hydrogen) atoms. The molecule has 0 fully saturated rings. The molecule has 0 bridgehead atoms. The number of ether oxygens (including phenoxy) is 2. The number of halogens is 2. The SMILES string of the molecule is CCN(CC)CCCNCc1ccc(OCC(N)=O)c(OC)c1.Cl.Cl. The standard InChI is InChI=1S/C17H29N3O3.2ClH/c1-4-20(5-2)10-6-9-19-12-14-7-8-15(16(11-14)22-3)23-13-17(18)21;;/h7-8,11,19H,4-6,9-10,12-13H2,1-3H3,(H2,18,21);2*1H. The lowest BCUT2D eigenvalue weighted by Gasteiger charge is -2.17. The van der Waals surface area contributed by atoms with Crippen molar-refractivity contribution in [3.63, 3.8) is 0 Å².